The highest BCUT2D eigenvalue weighted by Gasteiger charge is 2.32. The lowest BCUT2D eigenvalue weighted by Crippen LogP contribution is -2.51. The number of benzene rings is 3. The summed E-state index contributed by atoms with van der Waals surface area (Å²) in [4.78, 5) is 28.4. The van der Waals surface area contributed by atoms with Crippen LogP contribution in [0.1, 0.15) is 31.9 Å². The van der Waals surface area contributed by atoms with Crippen LogP contribution in [0.4, 0.5) is 5.69 Å². The highest BCUT2D eigenvalue weighted by molar-refractivity contribution is 9.10. The number of carbonyl (C=O) groups excluding carboxylic acids is 2. The van der Waals surface area contributed by atoms with Gasteiger partial charge in [-0.15, -0.1) is 0 Å². The van der Waals surface area contributed by atoms with Crippen LogP contribution in [0.15, 0.2) is 76.1 Å². The minimum atomic E-state index is -4.14. The molecular weight excluding hydrogens is 637 g/mol. The molecule has 3 aromatic carbocycles. The Morgan fingerprint density at radius 3 is 2.23 bits per heavy atom. The average molecular weight is 669 g/mol. The predicted molar refractivity (Wildman–Crippen MR) is 164 cm³/mol. The van der Waals surface area contributed by atoms with Gasteiger partial charge in [0, 0.05) is 17.6 Å². The minimum Gasteiger partial charge on any atom is -0.354 e. The van der Waals surface area contributed by atoms with E-state index in [1.54, 1.807) is 61.5 Å². The highest BCUT2D eigenvalue weighted by Crippen LogP contribution is 2.28. The standard InChI is InChI=1S/C29H32BrCl2N3O4S/c1-19(2)16-33-29(37)21(4)34(17-22-10-13-26(31)27(32)14-22)28(36)18-35(24-7-5-6-23(30)15-24)40(38,39)25-11-8-20(3)9-12-25/h5-15,19,21H,16-18H2,1-4H3,(H,33,37)/t21-/m0/s1. The molecule has 0 bridgehead atoms. The van der Waals surface area contributed by atoms with Crippen LogP contribution in [0.2, 0.25) is 10.0 Å². The number of amides is 2. The molecular formula is C29H32BrCl2N3O4S. The summed E-state index contributed by atoms with van der Waals surface area (Å²) in [6.07, 6.45) is 0. The fraction of sp³-hybridized carbons (Fsp3) is 0.310. The van der Waals surface area contributed by atoms with Crippen LogP contribution in [0.5, 0.6) is 0 Å². The Balaban J connectivity index is 2.03. The van der Waals surface area contributed by atoms with E-state index in [1.807, 2.05) is 20.8 Å². The Morgan fingerprint density at radius 1 is 0.950 bits per heavy atom. The lowest BCUT2D eigenvalue weighted by Gasteiger charge is -2.32. The van der Waals surface area contributed by atoms with Gasteiger partial charge >= 0.3 is 0 Å². The van der Waals surface area contributed by atoms with E-state index in [1.165, 1.54) is 17.0 Å². The maximum absolute atomic E-state index is 14.0. The van der Waals surface area contributed by atoms with Crippen molar-refractivity contribution in [2.75, 3.05) is 17.4 Å². The quantitative estimate of drug-likeness (QED) is 0.255. The molecule has 2 amide bonds. The molecule has 0 aliphatic rings. The third kappa shape index (κ3) is 8.22. The van der Waals surface area contributed by atoms with Crippen molar-refractivity contribution in [2.45, 2.75) is 45.2 Å². The Kier molecular flexibility index (Phi) is 11.1. The summed E-state index contributed by atoms with van der Waals surface area (Å²) in [5.41, 5.74) is 1.84. The second kappa shape index (κ2) is 13.9. The molecule has 0 aliphatic heterocycles. The molecule has 0 saturated heterocycles. The Bertz CT molecular complexity index is 1470. The number of anilines is 1. The van der Waals surface area contributed by atoms with Crippen LogP contribution in [-0.4, -0.2) is 44.3 Å². The molecule has 3 rings (SSSR count). The van der Waals surface area contributed by atoms with Crippen molar-refractivity contribution < 1.29 is 18.0 Å². The number of carbonyl (C=O) groups is 2. The molecule has 0 aliphatic carbocycles. The molecule has 0 spiro atoms. The van der Waals surface area contributed by atoms with Gasteiger partial charge in [0.2, 0.25) is 11.8 Å². The van der Waals surface area contributed by atoms with Gasteiger partial charge in [-0.3, -0.25) is 13.9 Å². The fourth-order valence-corrected chi connectivity index (χ4v) is 5.98. The first kappa shape index (κ1) is 31.9. The molecule has 0 fully saturated rings. The van der Waals surface area contributed by atoms with E-state index in [2.05, 4.69) is 21.2 Å². The topological polar surface area (TPSA) is 86.8 Å². The molecule has 1 N–H and O–H groups in total. The monoisotopic (exact) mass is 667 g/mol. The lowest BCUT2D eigenvalue weighted by atomic mass is 10.1. The average Bonchev–Trinajstić information content (AvgIpc) is 2.90. The number of sulfonamides is 1. The van der Waals surface area contributed by atoms with Crippen molar-refractivity contribution in [1.29, 1.82) is 0 Å². The maximum Gasteiger partial charge on any atom is 0.264 e. The molecule has 0 heterocycles. The number of nitrogens with zero attached hydrogens (tertiary/aromatic N) is 2. The van der Waals surface area contributed by atoms with Crippen LogP contribution in [-0.2, 0) is 26.2 Å². The van der Waals surface area contributed by atoms with Crippen molar-refractivity contribution in [3.05, 3.63) is 92.4 Å². The van der Waals surface area contributed by atoms with E-state index in [0.29, 0.717) is 32.3 Å². The summed E-state index contributed by atoms with van der Waals surface area (Å²) in [6, 6.07) is 17.2. The Hall–Kier alpha value is -2.59. The SMILES string of the molecule is Cc1ccc(S(=O)(=O)N(CC(=O)N(Cc2ccc(Cl)c(Cl)c2)[C@@H](C)C(=O)NCC(C)C)c2cccc(Br)c2)cc1. The van der Waals surface area contributed by atoms with Gasteiger partial charge in [0.25, 0.3) is 10.0 Å². The molecule has 214 valence electrons. The largest absolute Gasteiger partial charge is 0.354 e. The van der Waals surface area contributed by atoms with Crippen LogP contribution in [0.25, 0.3) is 0 Å². The zero-order chi connectivity index (χ0) is 29.6. The van der Waals surface area contributed by atoms with E-state index in [9.17, 15) is 18.0 Å². The van der Waals surface area contributed by atoms with Gasteiger partial charge in [0.1, 0.15) is 12.6 Å². The summed E-state index contributed by atoms with van der Waals surface area (Å²) in [5.74, 6) is -0.700. The van der Waals surface area contributed by atoms with E-state index < -0.39 is 28.5 Å². The molecule has 3 aromatic rings. The van der Waals surface area contributed by atoms with Gasteiger partial charge in [-0.1, -0.05) is 82.8 Å². The molecule has 11 heteroatoms. The minimum absolute atomic E-state index is 0.0168. The molecule has 1 atom stereocenters. The molecule has 0 saturated carbocycles. The third-order valence-electron chi connectivity index (χ3n) is 6.17. The summed E-state index contributed by atoms with van der Waals surface area (Å²) in [7, 11) is -4.14. The lowest BCUT2D eigenvalue weighted by molar-refractivity contribution is -0.139. The summed E-state index contributed by atoms with van der Waals surface area (Å²) in [5, 5.41) is 3.52. The maximum atomic E-state index is 14.0. The normalized spacial score (nSPS) is 12.2. The summed E-state index contributed by atoms with van der Waals surface area (Å²) in [6.45, 7) is 7.33. The molecule has 0 aromatic heterocycles. The van der Waals surface area contributed by atoms with Gasteiger partial charge in [-0.05, 0) is 67.8 Å². The smallest absolute Gasteiger partial charge is 0.264 e. The molecule has 0 unspecified atom stereocenters. The first-order valence-electron chi connectivity index (χ1n) is 12.7. The summed E-state index contributed by atoms with van der Waals surface area (Å²) >= 11 is 15.7. The van der Waals surface area contributed by atoms with Crippen LogP contribution >= 0.6 is 39.1 Å². The van der Waals surface area contributed by atoms with Crippen molar-refractivity contribution >= 4 is 66.7 Å². The van der Waals surface area contributed by atoms with E-state index in [4.69, 9.17) is 23.2 Å². The molecule has 7 nitrogen and oxygen atoms in total. The van der Waals surface area contributed by atoms with Gasteiger partial charge in [-0.2, -0.15) is 0 Å². The predicted octanol–water partition coefficient (Wildman–Crippen LogP) is 6.45. The fourth-order valence-electron chi connectivity index (χ4n) is 3.87. The number of aryl methyl sites for hydroxylation is 1. The van der Waals surface area contributed by atoms with Gasteiger partial charge < -0.3 is 10.2 Å². The molecule has 40 heavy (non-hydrogen) atoms. The number of rotatable bonds is 11. The number of nitrogens with one attached hydrogen (secondary N) is 1. The number of hydrogen-bond donors (Lipinski definition) is 1. The van der Waals surface area contributed by atoms with E-state index in [0.717, 1.165) is 9.87 Å². The highest BCUT2D eigenvalue weighted by atomic mass is 79.9. The Labute approximate surface area is 254 Å². The van der Waals surface area contributed by atoms with E-state index >= 15 is 0 Å². The third-order valence-corrected chi connectivity index (χ3v) is 9.19. The zero-order valence-corrected chi connectivity index (χ0v) is 26.6. The first-order valence-corrected chi connectivity index (χ1v) is 15.6. The zero-order valence-electron chi connectivity index (χ0n) is 22.7. The molecule has 0 radical (unpaired) electrons. The number of halogens is 3. The van der Waals surface area contributed by atoms with Crippen molar-refractivity contribution in [2.24, 2.45) is 5.92 Å². The summed E-state index contributed by atoms with van der Waals surface area (Å²) < 4.78 is 29.4. The van der Waals surface area contributed by atoms with E-state index in [-0.39, 0.29) is 23.3 Å². The van der Waals surface area contributed by atoms with Crippen LogP contribution in [0.3, 0.4) is 0 Å². The van der Waals surface area contributed by atoms with Crippen molar-refractivity contribution in [3.8, 4) is 0 Å². The van der Waals surface area contributed by atoms with Gasteiger partial charge in [-0.25, -0.2) is 8.42 Å². The first-order chi connectivity index (χ1) is 18.8. The van der Waals surface area contributed by atoms with Crippen molar-refractivity contribution in [1.82, 2.24) is 10.2 Å². The Morgan fingerprint density at radius 2 is 1.62 bits per heavy atom. The van der Waals surface area contributed by atoms with Crippen LogP contribution < -0.4 is 9.62 Å². The number of hydrogen-bond acceptors (Lipinski definition) is 4. The van der Waals surface area contributed by atoms with Gasteiger partial charge in [0.05, 0.1) is 20.6 Å². The van der Waals surface area contributed by atoms with Crippen LogP contribution in [0, 0.1) is 12.8 Å². The second-order valence-electron chi connectivity index (χ2n) is 9.89. The van der Waals surface area contributed by atoms with Crippen molar-refractivity contribution in [3.63, 3.8) is 0 Å². The second-order valence-corrected chi connectivity index (χ2v) is 13.5. The van der Waals surface area contributed by atoms with Gasteiger partial charge in [0.15, 0.2) is 0 Å².